The van der Waals surface area contributed by atoms with Crippen molar-refractivity contribution >= 4 is 39.3 Å². The van der Waals surface area contributed by atoms with E-state index in [1.165, 1.54) is 0 Å². The van der Waals surface area contributed by atoms with Gasteiger partial charge in [0.05, 0.1) is 11.0 Å². The van der Waals surface area contributed by atoms with Gasteiger partial charge in [-0.15, -0.1) is 0 Å². The predicted molar refractivity (Wildman–Crippen MR) is 94.6 cm³/mol. The average Bonchev–Trinajstić information content (AvgIpc) is 2.89. The van der Waals surface area contributed by atoms with Gasteiger partial charge in [-0.1, -0.05) is 54.1 Å². The quantitative estimate of drug-likeness (QED) is 0.564. The molecule has 4 heteroatoms. The van der Waals surface area contributed by atoms with Crippen LogP contribution in [0.5, 0.6) is 0 Å². The highest BCUT2D eigenvalue weighted by molar-refractivity contribution is 6.31. The Hall–Kier alpha value is -2.78. The highest BCUT2D eigenvalue weighted by Crippen LogP contribution is 2.30. The van der Waals surface area contributed by atoms with Gasteiger partial charge in [-0.2, -0.15) is 0 Å². The zero-order valence-corrected chi connectivity index (χ0v) is 12.9. The number of nitrogens with zero attached hydrogens (tertiary/aromatic N) is 1. The summed E-state index contributed by atoms with van der Waals surface area (Å²) in [7, 11) is 0. The van der Waals surface area contributed by atoms with Crippen molar-refractivity contribution in [1.82, 2.24) is 4.68 Å². The van der Waals surface area contributed by atoms with Crippen molar-refractivity contribution < 1.29 is 4.79 Å². The summed E-state index contributed by atoms with van der Waals surface area (Å²) < 4.78 is 1.80. The summed E-state index contributed by atoms with van der Waals surface area (Å²) in [5.74, 6) is -0.159. The average molecular weight is 321 g/mol. The van der Waals surface area contributed by atoms with Crippen LogP contribution in [0.4, 0.5) is 0 Å². The SMILES string of the molecule is O=C(Nn1c2ccccc2c2ccc(Cl)cc21)c1ccccc1. The molecule has 0 unspecified atom stereocenters. The van der Waals surface area contributed by atoms with Crippen LogP contribution in [0.25, 0.3) is 21.8 Å². The number of nitrogens with one attached hydrogen (secondary N) is 1. The molecular formula is C19H13ClN2O. The molecular weight excluding hydrogens is 308 g/mol. The van der Waals surface area contributed by atoms with Crippen LogP contribution in [0.1, 0.15) is 10.4 Å². The molecule has 1 amide bonds. The molecule has 0 atom stereocenters. The van der Waals surface area contributed by atoms with Gasteiger partial charge in [0.1, 0.15) is 0 Å². The third kappa shape index (κ3) is 2.35. The third-order valence-corrected chi connectivity index (χ3v) is 4.12. The van der Waals surface area contributed by atoms with Crippen LogP contribution in [0.3, 0.4) is 0 Å². The van der Waals surface area contributed by atoms with Gasteiger partial charge in [0.25, 0.3) is 5.91 Å². The van der Waals surface area contributed by atoms with E-state index in [4.69, 9.17) is 11.6 Å². The van der Waals surface area contributed by atoms with Gasteiger partial charge in [-0.05, 0) is 30.3 Å². The van der Waals surface area contributed by atoms with Gasteiger partial charge in [0, 0.05) is 21.4 Å². The molecule has 0 radical (unpaired) electrons. The smallest absolute Gasteiger partial charge is 0.267 e. The Morgan fingerprint density at radius 2 is 1.52 bits per heavy atom. The van der Waals surface area contributed by atoms with Crippen LogP contribution in [0.2, 0.25) is 5.02 Å². The maximum atomic E-state index is 12.5. The molecule has 4 rings (SSSR count). The highest BCUT2D eigenvalue weighted by atomic mass is 35.5. The lowest BCUT2D eigenvalue weighted by Gasteiger charge is -2.10. The number of aromatic nitrogens is 1. The number of hydrogen-bond acceptors (Lipinski definition) is 1. The number of rotatable bonds is 2. The van der Waals surface area contributed by atoms with E-state index in [1.54, 1.807) is 16.8 Å². The van der Waals surface area contributed by atoms with E-state index in [9.17, 15) is 4.79 Å². The van der Waals surface area contributed by atoms with Gasteiger partial charge in [-0.3, -0.25) is 14.9 Å². The van der Waals surface area contributed by atoms with Crippen molar-refractivity contribution in [1.29, 1.82) is 0 Å². The predicted octanol–water partition coefficient (Wildman–Crippen LogP) is 4.83. The number of benzene rings is 3. The molecule has 0 spiro atoms. The normalized spacial score (nSPS) is 11.0. The van der Waals surface area contributed by atoms with Gasteiger partial charge in [0.2, 0.25) is 0 Å². The van der Waals surface area contributed by atoms with Crippen molar-refractivity contribution in [3.63, 3.8) is 0 Å². The van der Waals surface area contributed by atoms with Crippen molar-refractivity contribution in [3.05, 3.63) is 83.4 Å². The summed E-state index contributed by atoms with van der Waals surface area (Å²) in [5, 5.41) is 2.77. The molecule has 0 aliphatic rings. The van der Waals surface area contributed by atoms with Crippen LogP contribution >= 0.6 is 11.6 Å². The van der Waals surface area contributed by atoms with E-state index in [2.05, 4.69) is 5.43 Å². The van der Waals surface area contributed by atoms with Crippen LogP contribution < -0.4 is 5.43 Å². The lowest BCUT2D eigenvalue weighted by molar-refractivity contribution is 0.101. The standard InChI is InChI=1S/C19H13ClN2O/c20-14-10-11-16-15-8-4-5-9-17(15)22(18(16)12-14)21-19(23)13-6-2-1-3-7-13/h1-12H,(H,21,23). The topological polar surface area (TPSA) is 34.0 Å². The maximum Gasteiger partial charge on any atom is 0.270 e. The highest BCUT2D eigenvalue weighted by Gasteiger charge is 2.13. The van der Waals surface area contributed by atoms with Crippen molar-refractivity contribution in [2.75, 3.05) is 5.43 Å². The number of fused-ring (bicyclic) bond motifs is 3. The van der Waals surface area contributed by atoms with Crippen molar-refractivity contribution in [2.45, 2.75) is 0 Å². The summed E-state index contributed by atoms with van der Waals surface area (Å²) in [4.78, 5) is 12.5. The number of hydrogen-bond donors (Lipinski definition) is 1. The van der Waals surface area contributed by atoms with Gasteiger partial charge < -0.3 is 0 Å². The van der Waals surface area contributed by atoms with Crippen LogP contribution in [-0.2, 0) is 0 Å². The van der Waals surface area contributed by atoms with E-state index < -0.39 is 0 Å². The third-order valence-electron chi connectivity index (χ3n) is 3.89. The molecule has 0 saturated carbocycles. The molecule has 4 aromatic rings. The minimum Gasteiger partial charge on any atom is -0.267 e. The largest absolute Gasteiger partial charge is 0.270 e. The Kier molecular flexibility index (Phi) is 3.28. The molecule has 1 heterocycles. The molecule has 0 aliphatic heterocycles. The number of para-hydroxylation sites is 1. The second-order valence-electron chi connectivity index (χ2n) is 5.32. The fraction of sp³-hybridized carbons (Fsp3) is 0. The number of carbonyl (C=O) groups excluding carboxylic acids is 1. The molecule has 1 aromatic heterocycles. The number of carbonyl (C=O) groups is 1. The molecule has 112 valence electrons. The Labute approximate surface area is 138 Å². The zero-order valence-electron chi connectivity index (χ0n) is 12.2. The zero-order chi connectivity index (χ0) is 15.8. The monoisotopic (exact) mass is 320 g/mol. The van der Waals surface area contributed by atoms with E-state index in [1.807, 2.05) is 60.7 Å². The molecule has 0 fully saturated rings. The second-order valence-corrected chi connectivity index (χ2v) is 5.76. The first kappa shape index (κ1) is 13.9. The van der Waals surface area contributed by atoms with Gasteiger partial charge in [-0.25, -0.2) is 0 Å². The molecule has 23 heavy (non-hydrogen) atoms. The fourth-order valence-electron chi connectivity index (χ4n) is 2.82. The Morgan fingerprint density at radius 3 is 2.35 bits per heavy atom. The van der Waals surface area contributed by atoms with E-state index in [0.717, 1.165) is 21.8 Å². The first-order chi connectivity index (χ1) is 11.2. The second kappa shape index (κ2) is 5.45. The Bertz CT molecular complexity index is 1020. The summed E-state index contributed by atoms with van der Waals surface area (Å²) in [6, 6.07) is 22.8. The van der Waals surface area contributed by atoms with Crippen molar-refractivity contribution in [2.24, 2.45) is 0 Å². The molecule has 0 bridgehead atoms. The molecule has 0 aliphatic carbocycles. The maximum absolute atomic E-state index is 12.5. The molecule has 3 aromatic carbocycles. The molecule has 3 nitrogen and oxygen atoms in total. The summed E-state index contributed by atoms with van der Waals surface area (Å²) in [6.45, 7) is 0. The lowest BCUT2D eigenvalue weighted by atomic mass is 10.2. The van der Waals surface area contributed by atoms with Gasteiger partial charge in [0.15, 0.2) is 0 Å². The minimum absolute atomic E-state index is 0.159. The summed E-state index contributed by atoms with van der Waals surface area (Å²) in [5.41, 5.74) is 5.40. The van der Waals surface area contributed by atoms with Crippen molar-refractivity contribution in [3.8, 4) is 0 Å². The van der Waals surface area contributed by atoms with E-state index in [-0.39, 0.29) is 5.91 Å². The minimum atomic E-state index is -0.159. The fourth-order valence-corrected chi connectivity index (χ4v) is 2.99. The summed E-state index contributed by atoms with van der Waals surface area (Å²) in [6.07, 6.45) is 0. The first-order valence-corrected chi connectivity index (χ1v) is 7.67. The Balaban J connectivity index is 1.91. The summed E-state index contributed by atoms with van der Waals surface area (Å²) >= 11 is 6.15. The van der Waals surface area contributed by atoms with Crippen LogP contribution in [-0.4, -0.2) is 10.6 Å². The van der Waals surface area contributed by atoms with Crippen LogP contribution in [0, 0.1) is 0 Å². The lowest BCUT2D eigenvalue weighted by Crippen LogP contribution is -2.22. The van der Waals surface area contributed by atoms with E-state index in [0.29, 0.717) is 10.6 Å². The number of amides is 1. The molecule has 0 saturated heterocycles. The van der Waals surface area contributed by atoms with Gasteiger partial charge >= 0.3 is 0 Å². The first-order valence-electron chi connectivity index (χ1n) is 7.29. The Morgan fingerprint density at radius 1 is 0.826 bits per heavy atom. The van der Waals surface area contributed by atoms with Crippen LogP contribution in [0.15, 0.2) is 72.8 Å². The number of halogens is 1. The molecule has 1 N–H and O–H groups in total. The van der Waals surface area contributed by atoms with E-state index >= 15 is 0 Å².